The van der Waals surface area contributed by atoms with Gasteiger partial charge in [-0.3, -0.25) is 14.2 Å². The van der Waals surface area contributed by atoms with Crippen LogP contribution in [-0.4, -0.2) is 25.6 Å². The molecule has 0 bridgehead atoms. The Morgan fingerprint density at radius 2 is 1.53 bits per heavy atom. The van der Waals surface area contributed by atoms with E-state index in [1.54, 1.807) is 30.3 Å². The van der Waals surface area contributed by atoms with Gasteiger partial charge in [-0.25, -0.2) is 9.97 Å². The highest BCUT2D eigenvalue weighted by atomic mass is 35.5. The topological polar surface area (TPSA) is 85.1 Å². The number of halogens is 2. The highest BCUT2D eigenvalue weighted by molar-refractivity contribution is 6.30. The van der Waals surface area contributed by atoms with Crippen molar-refractivity contribution in [3.05, 3.63) is 105 Å². The minimum Gasteiger partial charge on any atom is -0.480 e. The van der Waals surface area contributed by atoms with Gasteiger partial charge in [-0.05, 0) is 35.9 Å². The molecular formula is C26H17Cl2N3O3. The van der Waals surface area contributed by atoms with E-state index in [4.69, 9.17) is 33.2 Å². The quantitative estimate of drug-likeness (QED) is 0.325. The maximum Gasteiger partial charge on any atom is 0.323 e. The summed E-state index contributed by atoms with van der Waals surface area (Å²) >= 11 is 12.1. The predicted molar refractivity (Wildman–Crippen MR) is 134 cm³/mol. The zero-order chi connectivity index (χ0) is 23.8. The summed E-state index contributed by atoms with van der Waals surface area (Å²) < 4.78 is 1.22. The maximum absolute atomic E-state index is 13.8. The molecule has 2 heterocycles. The summed E-state index contributed by atoms with van der Waals surface area (Å²) in [6, 6.07) is 21.5. The number of fused-ring (bicyclic) bond motifs is 3. The molecule has 0 saturated heterocycles. The highest BCUT2D eigenvalue weighted by Crippen LogP contribution is 2.30. The first kappa shape index (κ1) is 22.1. The first-order chi connectivity index (χ1) is 16.4. The molecule has 168 valence electrons. The molecule has 34 heavy (non-hydrogen) atoms. The van der Waals surface area contributed by atoms with Crippen LogP contribution < -0.4 is 5.56 Å². The van der Waals surface area contributed by atoms with Crippen molar-refractivity contribution in [1.29, 1.82) is 0 Å². The number of pyridine rings is 1. The molecule has 0 atom stereocenters. The van der Waals surface area contributed by atoms with Gasteiger partial charge in [-0.15, -0.1) is 0 Å². The van der Waals surface area contributed by atoms with Crippen LogP contribution in [0.4, 0.5) is 0 Å². The van der Waals surface area contributed by atoms with Gasteiger partial charge in [0.25, 0.3) is 5.56 Å². The number of carboxylic acids is 1. The molecule has 0 fully saturated rings. The van der Waals surface area contributed by atoms with Crippen LogP contribution in [0.5, 0.6) is 0 Å². The van der Waals surface area contributed by atoms with Crippen molar-refractivity contribution >= 4 is 51.0 Å². The van der Waals surface area contributed by atoms with Gasteiger partial charge in [0.1, 0.15) is 17.9 Å². The molecule has 0 aliphatic carbocycles. The minimum atomic E-state index is -1.13. The van der Waals surface area contributed by atoms with E-state index in [-0.39, 0.29) is 6.42 Å². The lowest BCUT2D eigenvalue weighted by atomic mass is 10.0. The summed E-state index contributed by atoms with van der Waals surface area (Å²) in [5.74, 6) is -0.800. The Bertz CT molecular complexity index is 1610. The number of rotatable bonds is 5. The fraction of sp³-hybridized carbons (Fsp3) is 0.0769. The fourth-order valence-corrected chi connectivity index (χ4v) is 4.25. The molecule has 2 aromatic heterocycles. The number of aliphatic carboxylic acids is 1. The Labute approximate surface area is 204 Å². The number of carboxylic acid groups (broad SMARTS) is 1. The molecule has 6 nitrogen and oxygen atoms in total. The molecule has 0 amide bonds. The Morgan fingerprint density at radius 3 is 2.21 bits per heavy atom. The van der Waals surface area contributed by atoms with E-state index in [9.17, 15) is 14.7 Å². The molecular weight excluding hydrogens is 473 g/mol. The SMILES string of the molecule is O=C(O)Cn1c(Cc2ccc(Cl)cc2)nc2c(-c3ccc(Cl)cc3)nc3ccccc3c2c1=O. The van der Waals surface area contributed by atoms with Crippen molar-refractivity contribution in [2.75, 3.05) is 0 Å². The Kier molecular flexibility index (Phi) is 5.77. The van der Waals surface area contributed by atoms with E-state index >= 15 is 0 Å². The monoisotopic (exact) mass is 489 g/mol. The van der Waals surface area contributed by atoms with Crippen LogP contribution in [0.3, 0.4) is 0 Å². The average molecular weight is 490 g/mol. The Hall–Kier alpha value is -3.74. The van der Waals surface area contributed by atoms with Crippen LogP contribution in [0, 0.1) is 0 Å². The Balaban J connectivity index is 1.86. The molecule has 0 aliphatic rings. The zero-order valence-electron chi connectivity index (χ0n) is 17.7. The zero-order valence-corrected chi connectivity index (χ0v) is 19.2. The van der Waals surface area contributed by atoms with Gasteiger partial charge >= 0.3 is 5.97 Å². The van der Waals surface area contributed by atoms with Crippen LogP contribution in [0.2, 0.25) is 10.0 Å². The van der Waals surface area contributed by atoms with Gasteiger partial charge < -0.3 is 5.11 Å². The first-order valence-corrected chi connectivity index (χ1v) is 11.2. The van der Waals surface area contributed by atoms with Gasteiger partial charge in [0.15, 0.2) is 0 Å². The summed E-state index contributed by atoms with van der Waals surface area (Å²) in [4.78, 5) is 35.1. The molecule has 0 unspecified atom stereocenters. The van der Waals surface area contributed by atoms with Crippen LogP contribution >= 0.6 is 23.2 Å². The first-order valence-electron chi connectivity index (χ1n) is 10.4. The van der Waals surface area contributed by atoms with E-state index in [0.717, 1.165) is 11.1 Å². The lowest BCUT2D eigenvalue weighted by Gasteiger charge is -2.15. The van der Waals surface area contributed by atoms with Gasteiger partial charge in [-0.2, -0.15) is 0 Å². The number of hydrogen-bond donors (Lipinski definition) is 1. The van der Waals surface area contributed by atoms with E-state index in [1.807, 2.05) is 42.5 Å². The number of benzene rings is 3. The molecule has 0 radical (unpaired) electrons. The summed E-state index contributed by atoms with van der Waals surface area (Å²) in [5, 5.41) is 11.6. The van der Waals surface area contributed by atoms with Crippen LogP contribution in [0.15, 0.2) is 77.6 Å². The third-order valence-electron chi connectivity index (χ3n) is 5.56. The second kappa shape index (κ2) is 8.89. The second-order valence-corrected chi connectivity index (χ2v) is 8.70. The summed E-state index contributed by atoms with van der Waals surface area (Å²) in [6.45, 7) is -0.502. The Morgan fingerprint density at radius 1 is 0.882 bits per heavy atom. The summed E-state index contributed by atoms with van der Waals surface area (Å²) in [7, 11) is 0. The molecule has 8 heteroatoms. The number of para-hydroxylation sites is 1. The second-order valence-electron chi connectivity index (χ2n) is 7.82. The lowest BCUT2D eigenvalue weighted by molar-refractivity contribution is -0.137. The van der Waals surface area contributed by atoms with E-state index in [2.05, 4.69) is 0 Å². The van der Waals surface area contributed by atoms with E-state index < -0.39 is 18.1 Å². The molecule has 5 rings (SSSR count). The summed E-state index contributed by atoms with van der Waals surface area (Å²) in [6.07, 6.45) is 0.252. The van der Waals surface area contributed by atoms with Crippen molar-refractivity contribution in [2.45, 2.75) is 13.0 Å². The molecule has 5 aromatic rings. The third kappa shape index (κ3) is 4.14. The normalized spacial score (nSPS) is 11.2. The highest BCUT2D eigenvalue weighted by Gasteiger charge is 2.20. The lowest BCUT2D eigenvalue weighted by Crippen LogP contribution is -2.29. The van der Waals surface area contributed by atoms with Crippen LogP contribution in [-0.2, 0) is 17.8 Å². The van der Waals surface area contributed by atoms with Gasteiger partial charge in [0.2, 0.25) is 0 Å². The predicted octanol–water partition coefficient (Wildman–Crippen LogP) is 5.59. The van der Waals surface area contributed by atoms with Crippen LogP contribution in [0.25, 0.3) is 33.1 Å². The number of carbonyl (C=O) groups is 1. The average Bonchev–Trinajstić information content (AvgIpc) is 2.82. The van der Waals surface area contributed by atoms with Crippen molar-refractivity contribution in [2.24, 2.45) is 0 Å². The van der Waals surface area contributed by atoms with E-state index in [0.29, 0.717) is 43.4 Å². The van der Waals surface area contributed by atoms with Crippen molar-refractivity contribution in [3.8, 4) is 11.3 Å². The number of nitrogens with zero attached hydrogens (tertiary/aromatic N) is 3. The van der Waals surface area contributed by atoms with Crippen molar-refractivity contribution in [3.63, 3.8) is 0 Å². The molecule has 0 aliphatic heterocycles. The largest absolute Gasteiger partial charge is 0.480 e. The molecule has 0 saturated carbocycles. The van der Waals surface area contributed by atoms with Crippen molar-refractivity contribution < 1.29 is 9.90 Å². The van der Waals surface area contributed by atoms with Gasteiger partial charge in [0, 0.05) is 27.4 Å². The van der Waals surface area contributed by atoms with Crippen LogP contribution in [0.1, 0.15) is 11.4 Å². The third-order valence-corrected chi connectivity index (χ3v) is 6.07. The molecule has 3 aromatic carbocycles. The summed E-state index contributed by atoms with van der Waals surface area (Å²) in [5.41, 5.74) is 2.73. The minimum absolute atomic E-state index is 0.252. The number of hydrogen-bond acceptors (Lipinski definition) is 4. The number of aromatic nitrogens is 3. The standard InChI is InChI=1S/C26H17Cl2N3O3/c27-17-9-5-15(6-10-17)13-21-30-25-23(26(34)31(21)14-22(32)33)19-3-1-2-4-20(19)29-24(25)16-7-11-18(28)12-8-16/h1-12H,13-14H2,(H,32,33). The smallest absolute Gasteiger partial charge is 0.323 e. The maximum atomic E-state index is 13.8. The fourth-order valence-electron chi connectivity index (χ4n) is 4.00. The van der Waals surface area contributed by atoms with E-state index in [1.165, 1.54) is 4.57 Å². The van der Waals surface area contributed by atoms with Crippen molar-refractivity contribution in [1.82, 2.24) is 14.5 Å². The van der Waals surface area contributed by atoms with Gasteiger partial charge in [0.05, 0.1) is 16.6 Å². The van der Waals surface area contributed by atoms with Gasteiger partial charge in [-0.1, -0.05) is 65.7 Å². The molecule has 1 N–H and O–H groups in total. The molecule has 0 spiro atoms.